The third kappa shape index (κ3) is 4.44. The third-order valence-corrected chi connectivity index (χ3v) is 3.40. The molecule has 1 aromatic carbocycles. The summed E-state index contributed by atoms with van der Waals surface area (Å²) in [6.07, 6.45) is 5.43. The van der Waals surface area contributed by atoms with E-state index in [0.29, 0.717) is 23.7 Å². The molecule has 0 spiro atoms. The SMILES string of the molecule is C=CCOc1ccc(C=CC(=O)C2C(=O)C=C(C)OC2=O)cc1OC. The first-order chi connectivity index (χ1) is 12.0. The van der Waals surface area contributed by atoms with Gasteiger partial charge in [0.15, 0.2) is 29.0 Å². The zero-order chi connectivity index (χ0) is 18.4. The van der Waals surface area contributed by atoms with Gasteiger partial charge < -0.3 is 14.2 Å². The summed E-state index contributed by atoms with van der Waals surface area (Å²) in [5.74, 6) is -2.30. The Morgan fingerprint density at radius 1 is 1.32 bits per heavy atom. The topological polar surface area (TPSA) is 78.9 Å². The molecule has 0 aromatic heterocycles. The summed E-state index contributed by atoms with van der Waals surface area (Å²) in [4.78, 5) is 35.7. The Hall–Kier alpha value is -3.15. The summed E-state index contributed by atoms with van der Waals surface area (Å²) in [5, 5.41) is 0. The van der Waals surface area contributed by atoms with Crippen LogP contribution in [0.25, 0.3) is 6.08 Å². The molecule has 0 fully saturated rings. The van der Waals surface area contributed by atoms with Crippen LogP contribution in [0.3, 0.4) is 0 Å². The molecule has 6 heteroatoms. The van der Waals surface area contributed by atoms with Gasteiger partial charge in [-0.2, -0.15) is 0 Å². The van der Waals surface area contributed by atoms with Gasteiger partial charge in [-0.15, -0.1) is 0 Å². The van der Waals surface area contributed by atoms with E-state index in [1.807, 2.05) is 0 Å². The van der Waals surface area contributed by atoms with Gasteiger partial charge in [-0.3, -0.25) is 14.4 Å². The molecule has 0 saturated heterocycles. The molecule has 1 aromatic rings. The number of allylic oxidation sites excluding steroid dienone is 3. The Bertz CT molecular complexity index is 772. The van der Waals surface area contributed by atoms with Crippen molar-refractivity contribution in [3.8, 4) is 11.5 Å². The molecule has 1 aliphatic rings. The standard InChI is InChI=1S/C19H18O6/c1-4-9-24-16-8-6-13(11-17(16)23-3)5-7-14(20)18-15(21)10-12(2)25-19(18)22/h4-8,10-11,18H,1,9H2,2-3H3. The van der Waals surface area contributed by atoms with Crippen LogP contribution in [0.1, 0.15) is 12.5 Å². The Morgan fingerprint density at radius 3 is 2.72 bits per heavy atom. The van der Waals surface area contributed by atoms with Crippen molar-refractivity contribution in [1.29, 1.82) is 0 Å². The molecule has 0 radical (unpaired) electrons. The van der Waals surface area contributed by atoms with Gasteiger partial charge in [0.1, 0.15) is 12.4 Å². The van der Waals surface area contributed by atoms with E-state index >= 15 is 0 Å². The molecule has 2 rings (SSSR count). The molecule has 25 heavy (non-hydrogen) atoms. The molecule has 1 atom stereocenters. The molecule has 0 N–H and O–H groups in total. The normalized spacial score (nSPS) is 17.0. The molecule has 0 aliphatic carbocycles. The van der Waals surface area contributed by atoms with Crippen molar-refractivity contribution in [2.45, 2.75) is 6.92 Å². The van der Waals surface area contributed by atoms with E-state index in [9.17, 15) is 14.4 Å². The van der Waals surface area contributed by atoms with E-state index in [-0.39, 0.29) is 5.76 Å². The maximum Gasteiger partial charge on any atom is 0.329 e. The fraction of sp³-hybridized carbons (Fsp3) is 0.211. The predicted molar refractivity (Wildman–Crippen MR) is 91.1 cm³/mol. The van der Waals surface area contributed by atoms with Gasteiger partial charge >= 0.3 is 5.97 Å². The highest BCUT2D eigenvalue weighted by molar-refractivity contribution is 6.25. The second-order valence-corrected chi connectivity index (χ2v) is 5.26. The number of carbonyl (C=O) groups excluding carboxylic acids is 3. The summed E-state index contributed by atoms with van der Waals surface area (Å²) in [5.41, 5.74) is 0.652. The lowest BCUT2D eigenvalue weighted by Crippen LogP contribution is -2.34. The molecule has 0 amide bonds. The van der Waals surface area contributed by atoms with Crippen LogP contribution in [0.5, 0.6) is 11.5 Å². The molecule has 0 bridgehead atoms. The predicted octanol–water partition coefficient (Wildman–Crippen LogP) is 2.49. The Balaban J connectivity index is 2.15. The summed E-state index contributed by atoms with van der Waals surface area (Å²) >= 11 is 0. The van der Waals surface area contributed by atoms with Gasteiger partial charge in [-0.25, -0.2) is 0 Å². The minimum absolute atomic E-state index is 0.183. The number of hydrogen-bond acceptors (Lipinski definition) is 6. The second-order valence-electron chi connectivity index (χ2n) is 5.26. The van der Waals surface area contributed by atoms with E-state index in [4.69, 9.17) is 14.2 Å². The minimum Gasteiger partial charge on any atom is -0.493 e. The number of hydrogen-bond donors (Lipinski definition) is 0. The first-order valence-corrected chi connectivity index (χ1v) is 7.53. The van der Waals surface area contributed by atoms with Crippen molar-refractivity contribution < 1.29 is 28.6 Å². The van der Waals surface area contributed by atoms with Crippen molar-refractivity contribution in [1.82, 2.24) is 0 Å². The molecule has 0 saturated carbocycles. The van der Waals surface area contributed by atoms with E-state index in [2.05, 4.69) is 6.58 Å². The number of ether oxygens (including phenoxy) is 3. The highest BCUT2D eigenvalue weighted by Crippen LogP contribution is 2.28. The molecule has 130 valence electrons. The van der Waals surface area contributed by atoms with Crippen LogP contribution in [0, 0.1) is 5.92 Å². The van der Waals surface area contributed by atoms with E-state index < -0.39 is 23.5 Å². The highest BCUT2D eigenvalue weighted by Gasteiger charge is 2.36. The summed E-state index contributed by atoms with van der Waals surface area (Å²) < 4.78 is 15.5. The number of carbonyl (C=O) groups is 3. The van der Waals surface area contributed by atoms with Crippen molar-refractivity contribution in [3.05, 3.63) is 54.3 Å². The fourth-order valence-electron chi connectivity index (χ4n) is 2.23. The molecule has 1 unspecified atom stereocenters. The number of esters is 1. The zero-order valence-corrected chi connectivity index (χ0v) is 14.0. The van der Waals surface area contributed by atoms with E-state index in [1.54, 1.807) is 24.3 Å². The number of benzene rings is 1. The maximum atomic E-state index is 12.2. The number of methoxy groups -OCH3 is 1. The lowest BCUT2D eigenvalue weighted by Gasteiger charge is -2.15. The first kappa shape index (κ1) is 18.2. The lowest BCUT2D eigenvalue weighted by molar-refractivity contribution is -0.151. The summed E-state index contributed by atoms with van der Waals surface area (Å²) in [6, 6.07) is 5.08. The van der Waals surface area contributed by atoms with Gasteiger partial charge in [0.25, 0.3) is 0 Å². The second kappa shape index (κ2) is 8.10. The largest absolute Gasteiger partial charge is 0.493 e. The first-order valence-electron chi connectivity index (χ1n) is 7.53. The third-order valence-electron chi connectivity index (χ3n) is 3.40. The smallest absolute Gasteiger partial charge is 0.329 e. The zero-order valence-electron chi connectivity index (χ0n) is 14.0. The van der Waals surface area contributed by atoms with Crippen LogP contribution in [0.2, 0.25) is 0 Å². The Labute approximate surface area is 145 Å². The summed E-state index contributed by atoms with van der Waals surface area (Å²) in [7, 11) is 1.50. The number of ketones is 2. The highest BCUT2D eigenvalue weighted by atomic mass is 16.5. The van der Waals surface area contributed by atoms with E-state index in [1.165, 1.54) is 26.2 Å². The average Bonchev–Trinajstić information content (AvgIpc) is 2.57. The van der Waals surface area contributed by atoms with E-state index in [0.717, 1.165) is 6.08 Å². The Morgan fingerprint density at radius 2 is 2.08 bits per heavy atom. The van der Waals surface area contributed by atoms with Crippen molar-refractivity contribution in [2.75, 3.05) is 13.7 Å². The lowest BCUT2D eigenvalue weighted by atomic mass is 9.96. The monoisotopic (exact) mass is 342 g/mol. The molecule has 1 heterocycles. The number of rotatable bonds is 7. The number of cyclic esters (lactones) is 1. The maximum absolute atomic E-state index is 12.2. The molecular formula is C19H18O6. The Kier molecular flexibility index (Phi) is 5.89. The van der Waals surface area contributed by atoms with Gasteiger partial charge in [-0.1, -0.05) is 24.8 Å². The minimum atomic E-state index is -1.45. The molecular weight excluding hydrogens is 324 g/mol. The van der Waals surface area contributed by atoms with Crippen LogP contribution >= 0.6 is 0 Å². The van der Waals surface area contributed by atoms with Crippen LogP contribution < -0.4 is 9.47 Å². The fourth-order valence-corrected chi connectivity index (χ4v) is 2.23. The van der Waals surface area contributed by atoms with Crippen LogP contribution in [0.4, 0.5) is 0 Å². The van der Waals surface area contributed by atoms with Gasteiger partial charge in [0.2, 0.25) is 0 Å². The van der Waals surface area contributed by atoms with Gasteiger partial charge in [-0.05, 0) is 30.7 Å². The molecule has 6 nitrogen and oxygen atoms in total. The summed E-state index contributed by atoms with van der Waals surface area (Å²) in [6.45, 7) is 5.39. The average molecular weight is 342 g/mol. The van der Waals surface area contributed by atoms with Crippen LogP contribution in [-0.4, -0.2) is 31.3 Å². The quantitative estimate of drug-likeness (QED) is 0.328. The van der Waals surface area contributed by atoms with Crippen LogP contribution in [-0.2, 0) is 19.1 Å². The van der Waals surface area contributed by atoms with Crippen molar-refractivity contribution in [2.24, 2.45) is 5.92 Å². The molecule has 1 aliphatic heterocycles. The van der Waals surface area contributed by atoms with Crippen molar-refractivity contribution in [3.63, 3.8) is 0 Å². The van der Waals surface area contributed by atoms with Crippen LogP contribution in [0.15, 0.2) is 48.8 Å². The van der Waals surface area contributed by atoms with Crippen molar-refractivity contribution >= 4 is 23.6 Å². The van der Waals surface area contributed by atoms with Gasteiger partial charge in [0.05, 0.1) is 7.11 Å². The van der Waals surface area contributed by atoms with Gasteiger partial charge in [0, 0.05) is 6.08 Å².